The van der Waals surface area contributed by atoms with E-state index < -0.39 is 0 Å². The van der Waals surface area contributed by atoms with Gasteiger partial charge in [0, 0.05) is 19.6 Å². The Kier molecular flexibility index (Phi) is 5.16. The third-order valence-corrected chi connectivity index (χ3v) is 4.95. The minimum atomic E-state index is -0.289. The summed E-state index contributed by atoms with van der Waals surface area (Å²) in [4.78, 5) is 22.6. The number of aliphatic hydroxyl groups is 1. The van der Waals surface area contributed by atoms with Gasteiger partial charge in [0.25, 0.3) is 5.91 Å². The Morgan fingerprint density at radius 3 is 3.07 bits per heavy atom. The van der Waals surface area contributed by atoms with Crippen LogP contribution in [0.1, 0.15) is 21.6 Å². The van der Waals surface area contributed by atoms with Crippen LogP contribution in [-0.4, -0.2) is 70.8 Å². The van der Waals surface area contributed by atoms with Crippen LogP contribution in [0, 0.1) is 6.92 Å². The molecule has 1 fully saturated rings. The SMILES string of the molecule is Cc1c2c(cc(O)c1Oc1cnc(C(=O)N3CCNC[C@H]3CO)cn1)CO[B]2. The van der Waals surface area contributed by atoms with Gasteiger partial charge in [0.1, 0.15) is 5.69 Å². The molecule has 1 aromatic carbocycles. The minimum Gasteiger partial charge on any atom is -0.504 e. The highest BCUT2D eigenvalue weighted by molar-refractivity contribution is 6.49. The first kappa shape index (κ1) is 18.7. The Bertz CT molecular complexity index is 893. The average molecular weight is 383 g/mol. The van der Waals surface area contributed by atoms with E-state index in [1.807, 2.05) is 6.92 Å². The lowest BCUT2D eigenvalue weighted by molar-refractivity contribution is 0.0530. The van der Waals surface area contributed by atoms with Crippen LogP contribution in [0.4, 0.5) is 0 Å². The molecule has 28 heavy (non-hydrogen) atoms. The molecule has 2 aliphatic heterocycles. The van der Waals surface area contributed by atoms with Gasteiger partial charge in [0.2, 0.25) is 5.88 Å². The maximum atomic E-state index is 12.7. The van der Waals surface area contributed by atoms with E-state index in [1.165, 1.54) is 12.4 Å². The van der Waals surface area contributed by atoms with Crippen molar-refractivity contribution in [1.29, 1.82) is 0 Å². The van der Waals surface area contributed by atoms with Crippen molar-refractivity contribution in [2.24, 2.45) is 0 Å². The van der Waals surface area contributed by atoms with E-state index in [0.29, 0.717) is 26.2 Å². The Balaban J connectivity index is 1.52. The standard InChI is InChI=1S/C18H20BN4O5/c1-10-16-11(9-27-19-16)4-14(25)17(10)28-15-7-21-13(6-22-15)18(26)23-3-2-20-5-12(23)8-24/h4,6-7,12,20,24-25H,2-3,5,8-9H2,1H3/t12-/m0/s1. The molecule has 2 aromatic rings. The Hall–Kier alpha value is -2.69. The number of aromatic hydroxyl groups is 1. The third kappa shape index (κ3) is 3.41. The van der Waals surface area contributed by atoms with Crippen LogP contribution < -0.4 is 15.5 Å². The number of amides is 1. The normalized spacial score (nSPS) is 18.5. The van der Waals surface area contributed by atoms with Crippen molar-refractivity contribution in [2.45, 2.75) is 19.6 Å². The number of phenolic OH excluding ortho intramolecular Hbond substituents is 1. The lowest BCUT2D eigenvalue weighted by Crippen LogP contribution is -2.55. The van der Waals surface area contributed by atoms with Crippen molar-refractivity contribution in [3.63, 3.8) is 0 Å². The van der Waals surface area contributed by atoms with Gasteiger partial charge in [-0.25, -0.2) is 9.97 Å². The van der Waals surface area contributed by atoms with Gasteiger partial charge in [-0.15, -0.1) is 0 Å². The molecule has 0 aliphatic carbocycles. The highest BCUT2D eigenvalue weighted by atomic mass is 16.5. The molecule has 0 saturated carbocycles. The summed E-state index contributed by atoms with van der Waals surface area (Å²) in [7, 11) is 1.63. The molecular weight excluding hydrogens is 363 g/mol. The number of hydrogen-bond acceptors (Lipinski definition) is 8. The molecule has 0 bridgehead atoms. The molecule has 2 aliphatic rings. The van der Waals surface area contributed by atoms with Crippen LogP contribution in [0.5, 0.6) is 17.4 Å². The van der Waals surface area contributed by atoms with Gasteiger partial charge in [-0.3, -0.25) is 4.79 Å². The van der Waals surface area contributed by atoms with E-state index >= 15 is 0 Å². The summed E-state index contributed by atoms with van der Waals surface area (Å²) >= 11 is 0. The number of ether oxygens (including phenoxy) is 1. The lowest BCUT2D eigenvalue weighted by atomic mass is 9.83. The van der Waals surface area contributed by atoms with Crippen LogP contribution in [0.25, 0.3) is 0 Å². The molecule has 10 heteroatoms. The monoisotopic (exact) mass is 383 g/mol. The summed E-state index contributed by atoms with van der Waals surface area (Å²) in [6, 6.07) is 1.31. The molecular formula is C18H20BN4O5. The van der Waals surface area contributed by atoms with E-state index in [9.17, 15) is 15.0 Å². The quantitative estimate of drug-likeness (QED) is 0.603. The maximum Gasteiger partial charge on any atom is 0.331 e. The van der Waals surface area contributed by atoms with Gasteiger partial charge >= 0.3 is 7.48 Å². The van der Waals surface area contributed by atoms with E-state index in [0.717, 1.165) is 16.6 Å². The first-order valence-electron chi connectivity index (χ1n) is 9.01. The molecule has 1 radical (unpaired) electrons. The number of rotatable bonds is 4. The van der Waals surface area contributed by atoms with Crippen molar-refractivity contribution in [2.75, 3.05) is 26.2 Å². The molecule has 4 rings (SSSR count). The fraction of sp³-hybridized carbons (Fsp3) is 0.389. The summed E-state index contributed by atoms with van der Waals surface area (Å²) in [5, 5.41) is 22.9. The number of piperazine rings is 1. The Morgan fingerprint density at radius 2 is 2.32 bits per heavy atom. The number of aliphatic hydroxyl groups excluding tert-OH is 1. The highest BCUT2D eigenvalue weighted by Crippen LogP contribution is 2.34. The first-order chi connectivity index (χ1) is 13.6. The van der Waals surface area contributed by atoms with E-state index in [2.05, 4.69) is 15.3 Å². The number of nitrogens with one attached hydrogen (secondary N) is 1. The molecule has 1 amide bonds. The largest absolute Gasteiger partial charge is 0.504 e. The van der Waals surface area contributed by atoms with E-state index in [1.54, 1.807) is 18.4 Å². The summed E-state index contributed by atoms with van der Waals surface area (Å²) in [5.41, 5.74) is 2.68. The number of carbonyl (C=O) groups excluding carboxylic acids is 1. The molecule has 145 valence electrons. The smallest absolute Gasteiger partial charge is 0.331 e. The summed E-state index contributed by atoms with van der Waals surface area (Å²) < 4.78 is 11.0. The van der Waals surface area contributed by atoms with Crippen LogP contribution in [0.15, 0.2) is 18.5 Å². The van der Waals surface area contributed by atoms with Gasteiger partial charge in [-0.2, -0.15) is 0 Å². The lowest BCUT2D eigenvalue weighted by Gasteiger charge is -2.34. The second-order valence-electron chi connectivity index (χ2n) is 6.73. The fourth-order valence-corrected chi connectivity index (χ4v) is 3.41. The molecule has 3 heterocycles. The van der Waals surface area contributed by atoms with Gasteiger partial charge in [0.05, 0.1) is 31.6 Å². The average Bonchev–Trinajstić information content (AvgIpc) is 3.19. The van der Waals surface area contributed by atoms with E-state index in [-0.39, 0.29) is 41.6 Å². The van der Waals surface area contributed by atoms with Crippen molar-refractivity contribution < 1.29 is 24.4 Å². The number of benzene rings is 1. The van der Waals surface area contributed by atoms with Crippen LogP contribution in [0.2, 0.25) is 0 Å². The maximum absolute atomic E-state index is 12.7. The molecule has 0 unspecified atom stereocenters. The van der Waals surface area contributed by atoms with Crippen molar-refractivity contribution in [3.05, 3.63) is 35.3 Å². The van der Waals surface area contributed by atoms with Crippen molar-refractivity contribution >= 4 is 18.9 Å². The number of hydrogen-bond donors (Lipinski definition) is 3. The topological polar surface area (TPSA) is 117 Å². The zero-order chi connectivity index (χ0) is 19.7. The summed E-state index contributed by atoms with van der Waals surface area (Å²) in [6.07, 6.45) is 2.68. The molecule has 9 nitrogen and oxygen atoms in total. The summed E-state index contributed by atoms with van der Waals surface area (Å²) in [5.74, 6) is 0.135. The fourth-order valence-electron chi connectivity index (χ4n) is 3.41. The second-order valence-corrected chi connectivity index (χ2v) is 6.73. The molecule has 0 spiro atoms. The van der Waals surface area contributed by atoms with Crippen molar-refractivity contribution in [3.8, 4) is 17.4 Å². The summed E-state index contributed by atoms with van der Waals surface area (Å²) in [6.45, 7) is 3.81. The number of fused-ring (bicyclic) bond motifs is 1. The highest BCUT2D eigenvalue weighted by Gasteiger charge is 2.28. The Labute approximate surface area is 162 Å². The van der Waals surface area contributed by atoms with E-state index in [4.69, 9.17) is 9.39 Å². The number of carbonyl (C=O) groups is 1. The number of aromatic nitrogens is 2. The predicted molar refractivity (Wildman–Crippen MR) is 99.9 cm³/mol. The molecule has 1 atom stereocenters. The molecule has 1 saturated heterocycles. The predicted octanol–water partition coefficient (Wildman–Crippen LogP) is -0.536. The Morgan fingerprint density at radius 1 is 1.46 bits per heavy atom. The van der Waals surface area contributed by atoms with Gasteiger partial charge in [0.15, 0.2) is 11.5 Å². The third-order valence-electron chi connectivity index (χ3n) is 4.95. The molecule has 3 N–H and O–H groups in total. The van der Waals surface area contributed by atoms with Gasteiger partial charge in [-0.05, 0) is 29.6 Å². The van der Waals surface area contributed by atoms with Crippen LogP contribution in [-0.2, 0) is 11.3 Å². The van der Waals surface area contributed by atoms with Crippen LogP contribution in [0.3, 0.4) is 0 Å². The number of phenols is 1. The molecule has 1 aromatic heterocycles. The van der Waals surface area contributed by atoms with Crippen molar-refractivity contribution in [1.82, 2.24) is 20.2 Å². The van der Waals surface area contributed by atoms with Gasteiger partial charge < -0.3 is 29.8 Å². The second kappa shape index (κ2) is 7.74. The minimum absolute atomic E-state index is 0.0105. The zero-order valence-corrected chi connectivity index (χ0v) is 15.4. The number of nitrogens with zero attached hydrogens (tertiary/aromatic N) is 3. The van der Waals surface area contributed by atoms with Gasteiger partial charge in [-0.1, -0.05) is 0 Å². The van der Waals surface area contributed by atoms with Crippen LogP contribution >= 0.6 is 0 Å². The first-order valence-corrected chi connectivity index (χ1v) is 9.01. The zero-order valence-electron chi connectivity index (χ0n) is 15.4.